The van der Waals surface area contributed by atoms with Crippen LogP contribution in [0.5, 0.6) is 0 Å². The van der Waals surface area contributed by atoms with Crippen molar-refractivity contribution in [2.75, 3.05) is 43.1 Å². The maximum absolute atomic E-state index is 14.0. The number of likely N-dealkylation sites (tertiary alicyclic amines) is 1. The quantitative estimate of drug-likeness (QED) is 0.203. The van der Waals surface area contributed by atoms with E-state index in [-0.39, 0.29) is 17.9 Å². The van der Waals surface area contributed by atoms with Gasteiger partial charge in [-0.3, -0.25) is 19.4 Å². The van der Waals surface area contributed by atoms with Gasteiger partial charge in [-0.2, -0.15) is 5.26 Å². The third kappa shape index (κ3) is 5.84. The largest absolute Gasteiger partial charge is 0.379 e. The smallest absolute Gasteiger partial charge is 0.278 e. The summed E-state index contributed by atoms with van der Waals surface area (Å²) in [7, 11) is 2.00. The first-order valence-electron chi connectivity index (χ1n) is 15.6. The number of anilines is 2. The Morgan fingerprint density at radius 3 is 2.80 bits per heavy atom. The van der Waals surface area contributed by atoms with Crippen molar-refractivity contribution in [1.82, 2.24) is 19.7 Å². The summed E-state index contributed by atoms with van der Waals surface area (Å²) in [5.74, 6) is 2.55. The van der Waals surface area contributed by atoms with Crippen molar-refractivity contribution >= 4 is 23.8 Å². The highest BCUT2D eigenvalue weighted by molar-refractivity contribution is 6.11. The van der Waals surface area contributed by atoms with Crippen molar-refractivity contribution in [3.05, 3.63) is 64.2 Å². The van der Waals surface area contributed by atoms with Gasteiger partial charge in [0.15, 0.2) is 0 Å². The summed E-state index contributed by atoms with van der Waals surface area (Å²) in [5, 5.41) is 17.2. The second-order valence-electron chi connectivity index (χ2n) is 12.6. The number of aryl methyl sites for hydroxylation is 2. The van der Waals surface area contributed by atoms with E-state index < -0.39 is 0 Å². The Morgan fingerprint density at radius 1 is 1.27 bits per heavy atom. The molecule has 0 spiro atoms. The molecule has 2 aromatic heterocycles. The van der Waals surface area contributed by atoms with E-state index >= 15 is 0 Å². The number of aldehydes is 1. The fourth-order valence-corrected chi connectivity index (χ4v) is 6.71. The van der Waals surface area contributed by atoms with E-state index in [0.29, 0.717) is 61.3 Å². The van der Waals surface area contributed by atoms with Crippen LogP contribution in [0.4, 0.5) is 11.6 Å². The van der Waals surface area contributed by atoms with E-state index in [4.69, 9.17) is 20.1 Å². The van der Waals surface area contributed by atoms with Crippen LogP contribution in [0.1, 0.15) is 76.3 Å². The van der Waals surface area contributed by atoms with Gasteiger partial charge >= 0.3 is 0 Å². The Labute approximate surface area is 258 Å². The van der Waals surface area contributed by atoms with Crippen LogP contribution >= 0.6 is 0 Å². The van der Waals surface area contributed by atoms with Crippen molar-refractivity contribution in [3.63, 3.8) is 0 Å². The lowest BCUT2D eigenvalue weighted by Crippen LogP contribution is -2.51. The number of nitrogens with zero attached hydrogens (tertiary/aromatic N) is 7. The minimum atomic E-state index is -0.337. The van der Waals surface area contributed by atoms with E-state index in [9.17, 15) is 9.59 Å². The Kier molecular flexibility index (Phi) is 8.47. The molecule has 3 aliphatic heterocycles. The molecule has 0 bridgehead atoms. The van der Waals surface area contributed by atoms with Gasteiger partial charge in [0.05, 0.1) is 51.1 Å². The topological polar surface area (TPSA) is 120 Å². The molecule has 1 amide bonds. The number of carbonyl (C=O) groups excluding carboxylic acids is 2. The van der Waals surface area contributed by atoms with Gasteiger partial charge in [-0.25, -0.2) is 9.55 Å². The summed E-state index contributed by atoms with van der Waals surface area (Å²) in [4.78, 5) is 35.2. The molecule has 1 aromatic carbocycles. The maximum atomic E-state index is 14.0. The number of piperidine rings is 1. The zero-order chi connectivity index (χ0) is 30.8. The van der Waals surface area contributed by atoms with Crippen LogP contribution in [0.25, 0.3) is 0 Å². The normalized spacial score (nSPS) is 19.4. The van der Waals surface area contributed by atoms with E-state index in [1.165, 1.54) is 6.42 Å². The number of nitrogens with one attached hydrogen (secondary N) is 1. The zero-order valence-corrected chi connectivity index (χ0v) is 25.9. The van der Waals surface area contributed by atoms with Crippen molar-refractivity contribution < 1.29 is 18.9 Å². The van der Waals surface area contributed by atoms with Gasteiger partial charge in [0.1, 0.15) is 24.5 Å². The maximum Gasteiger partial charge on any atom is 0.278 e. The zero-order valence-electron chi connectivity index (χ0n) is 25.9. The van der Waals surface area contributed by atoms with Crippen molar-refractivity contribution in [2.24, 2.45) is 13.0 Å². The standard InChI is InChI=1S/C33H41N8O3/c1-4-40-22-38(3)31(37-40)15-33(20-44-21-33)26-13-29(35-9-6-8-34)36-30(14-26)41-18-28-25(19-42)11-24(12-27(28)32(41)43)17-39-10-5-7-23(2)16-39/h11-14,19,22-23H,4-7,9-10,15-18,20-21H2,1-3H3,(H,35,36)/q+1/t23-/m0/s1. The fraction of sp³-hybridized carbons (Fsp3) is 0.515. The minimum Gasteiger partial charge on any atom is -0.379 e. The first-order chi connectivity index (χ1) is 21.3. The SMILES string of the molecule is CCn1c[n+](C)c(CC2(c3cc(NCCC#N)nc(N4Cc5c(C=O)cc(CN6CCC[C@H](C)C6)cc5C4=O)c3)COC2)n1. The van der Waals surface area contributed by atoms with Crippen LogP contribution in [0.2, 0.25) is 0 Å². The van der Waals surface area contributed by atoms with Gasteiger partial charge in [0.2, 0.25) is 6.33 Å². The lowest BCUT2D eigenvalue weighted by Gasteiger charge is -2.41. The predicted molar refractivity (Wildman–Crippen MR) is 164 cm³/mol. The highest BCUT2D eigenvalue weighted by Crippen LogP contribution is 2.39. The number of hydrogen-bond acceptors (Lipinski definition) is 8. The van der Waals surface area contributed by atoms with Crippen LogP contribution in [-0.2, 0) is 43.3 Å². The monoisotopic (exact) mass is 597 g/mol. The highest BCUT2D eigenvalue weighted by Gasteiger charge is 2.44. The summed E-state index contributed by atoms with van der Waals surface area (Å²) in [6, 6.07) is 10.1. The molecule has 2 fully saturated rings. The number of benzene rings is 1. The Balaban J connectivity index is 1.33. The molecular weight excluding hydrogens is 556 g/mol. The number of nitriles is 1. The van der Waals surface area contributed by atoms with Gasteiger partial charge in [0.25, 0.3) is 11.7 Å². The lowest BCUT2D eigenvalue weighted by molar-refractivity contribution is -0.680. The first-order valence-corrected chi connectivity index (χ1v) is 15.6. The van der Waals surface area contributed by atoms with Crippen LogP contribution in [0.15, 0.2) is 30.6 Å². The second-order valence-corrected chi connectivity index (χ2v) is 12.6. The molecule has 0 aliphatic carbocycles. The van der Waals surface area contributed by atoms with Crippen molar-refractivity contribution in [2.45, 2.75) is 64.6 Å². The van der Waals surface area contributed by atoms with Crippen LogP contribution < -0.4 is 14.8 Å². The van der Waals surface area contributed by atoms with Crippen LogP contribution in [0, 0.1) is 17.2 Å². The Hall–Kier alpha value is -4.14. The molecule has 11 heteroatoms. The fourth-order valence-electron chi connectivity index (χ4n) is 6.71. The highest BCUT2D eigenvalue weighted by atomic mass is 16.5. The third-order valence-corrected chi connectivity index (χ3v) is 9.19. The summed E-state index contributed by atoms with van der Waals surface area (Å²) in [6.07, 6.45) is 6.25. The number of hydrogen-bond donors (Lipinski definition) is 1. The summed E-state index contributed by atoms with van der Waals surface area (Å²) >= 11 is 0. The number of fused-ring (bicyclic) bond motifs is 1. The van der Waals surface area contributed by atoms with Gasteiger partial charge in [-0.1, -0.05) is 6.92 Å². The molecule has 11 nitrogen and oxygen atoms in total. The average molecular weight is 598 g/mol. The minimum absolute atomic E-state index is 0.156. The molecule has 3 aliphatic rings. The van der Waals surface area contributed by atoms with Gasteiger partial charge in [-0.05, 0) is 73.2 Å². The van der Waals surface area contributed by atoms with Crippen LogP contribution in [0.3, 0.4) is 0 Å². The second kappa shape index (κ2) is 12.5. The molecule has 0 radical (unpaired) electrons. The predicted octanol–water partition coefficient (Wildman–Crippen LogP) is 3.16. The number of aromatic nitrogens is 4. The molecule has 6 rings (SSSR count). The number of carbonyl (C=O) groups is 2. The summed E-state index contributed by atoms with van der Waals surface area (Å²) in [6.45, 7) is 9.64. The van der Waals surface area contributed by atoms with Gasteiger partial charge < -0.3 is 10.1 Å². The molecule has 3 aromatic rings. The molecule has 230 valence electrons. The molecule has 2 saturated heterocycles. The molecule has 0 unspecified atom stereocenters. The van der Waals surface area contributed by atoms with Crippen molar-refractivity contribution in [1.29, 1.82) is 5.26 Å². The molecule has 5 heterocycles. The van der Waals surface area contributed by atoms with Crippen molar-refractivity contribution in [3.8, 4) is 6.07 Å². The number of ether oxygens (including phenoxy) is 1. The molecule has 44 heavy (non-hydrogen) atoms. The molecule has 1 atom stereocenters. The van der Waals surface area contributed by atoms with Gasteiger partial charge in [0, 0.05) is 35.9 Å². The van der Waals surface area contributed by atoms with E-state index in [1.54, 1.807) is 4.90 Å². The first kappa shape index (κ1) is 29.9. The summed E-state index contributed by atoms with van der Waals surface area (Å²) in [5.41, 5.74) is 3.52. The number of amides is 1. The van der Waals surface area contributed by atoms with Crippen LogP contribution in [-0.4, -0.2) is 64.7 Å². The van der Waals surface area contributed by atoms with E-state index in [1.807, 2.05) is 46.9 Å². The van der Waals surface area contributed by atoms with E-state index in [2.05, 4.69) is 30.1 Å². The average Bonchev–Trinajstić information content (AvgIpc) is 3.53. The lowest BCUT2D eigenvalue weighted by atomic mass is 9.75. The number of rotatable bonds is 11. The number of pyridine rings is 1. The Morgan fingerprint density at radius 2 is 2.11 bits per heavy atom. The molecule has 0 saturated carbocycles. The molecule has 1 N–H and O–H groups in total. The third-order valence-electron chi connectivity index (χ3n) is 9.19. The van der Waals surface area contributed by atoms with E-state index in [0.717, 1.165) is 61.4 Å². The molecular formula is C33H41N8O3+. The summed E-state index contributed by atoms with van der Waals surface area (Å²) < 4.78 is 9.73. The Bertz CT molecular complexity index is 1600. The van der Waals surface area contributed by atoms with Gasteiger partial charge in [-0.15, -0.1) is 4.68 Å².